The van der Waals surface area contributed by atoms with Crippen LogP contribution in [0.1, 0.15) is 62.3 Å². The molecule has 4 aromatic rings. The molecule has 1 atom stereocenters. The van der Waals surface area contributed by atoms with Crippen LogP contribution in [-0.2, 0) is 16.0 Å². The number of rotatable bonds is 9. The molecule has 0 N–H and O–H groups in total. The van der Waals surface area contributed by atoms with Gasteiger partial charge in [-0.3, -0.25) is 4.79 Å². The third kappa shape index (κ3) is 4.85. The minimum atomic E-state index is -0.458. The molecule has 5 rings (SSSR count). The Balaban J connectivity index is 1.42. The Kier molecular flexibility index (Phi) is 7.63. The molecule has 0 bridgehead atoms. The van der Waals surface area contributed by atoms with Crippen LogP contribution < -0.4 is 9.80 Å². The van der Waals surface area contributed by atoms with Gasteiger partial charge in [0.05, 0.1) is 17.9 Å². The highest BCUT2D eigenvalue weighted by Gasteiger charge is 2.26. The van der Waals surface area contributed by atoms with Crippen LogP contribution in [0, 0.1) is 6.92 Å². The molecule has 3 heterocycles. The molecule has 7 heteroatoms. The lowest BCUT2D eigenvalue weighted by molar-refractivity contribution is -0.113. The van der Waals surface area contributed by atoms with Crippen molar-refractivity contribution < 1.29 is 9.59 Å². The number of anilines is 2. The van der Waals surface area contributed by atoms with Gasteiger partial charge in [0.15, 0.2) is 5.65 Å². The van der Waals surface area contributed by atoms with Crippen molar-refractivity contribution in [2.75, 3.05) is 22.9 Å². The molecule has 1 aliphatic heterocycles. The predicted molar refractivity (Wildman–Crippen MR) is 153 cm³/mol. The molecule has 0 radical (unpaired) electrons. The van der Waals surface area contributed by atoms with Crippen LogP contribution in [0.5, 0.6) is 0 Å². The van der Waals surface area contributed by atoms with Crippen LogP contribution in [0.25, 0.3) is 21.9 Å². The van der Waals surface area contributed by atoms with Crippen molar-refractivity contribution in [3.05, 3.63) is 65.5 Å². The third-order valence-electron chi connectivity index (χ3n) is 7.82. The Morgan fingerprint density at radius 1 is 1.05 bits per heavy atom. The number of piperidine rings is 1. The van der Waals surface area contributed by atoms with Crippen molar-refractivity contribution in [2.24, 2.45) is 0 Å². The lowest BCUT2D eigenvalue weighted by atomic mass is 9.85. The lowest BCUT2D eigenvalue weighted by Crippen LogP contribution is -2.36. The minimum Gasteiger partial charge on any atom is -0.355 e. The van der Waals surface area contributed by atoms with E-state index in [4.69, 9.17) is 4.98 Å². The Labute approximate surface area is 223 Å². The topological polar surface area (TPSA) is 79.3 Å². The van der Waals surface area contributed by atoms with Gasteiger partial charge >= 0.3 is 0 Å². The summed E-state index contributed by atoms with van der Waals surface area (Å²) in [6.45, 7) is 7.97. The number of benzene rings is 2. The largest absolute Gasteiger partial charge is 0.355 e. The summed E-state index contributed by atoms with van der Waals surface area (Å²) in [7, 11) is 0. The Morgan fingerprint density at radius 2 is 1.87 bits per heavy atom. The summed E-state index contributed by atoms with van der Waals surface area (Å²) >= 11 is 0. The van der Waals surface area contributed by atoms with Gasteiger partial charge in [0.1, 0.15) is 17.6 Å². The van der Waals surface area contributed by atoms with E-state index in [1.54, 1.807) is 4.90 Å². The fourth-order valence-electron chi connectivity index (χ4n) is 5.74. The van der Waals surface area contributed by atoms with Crippen molar-refractivity contribution in [1.82, 2.24) is 15.0 Å². The molecule has 1 fully saturated rings. The van der Waals surface area contributed by atoms with E-state index in [0.29, 0.717) is 18.0 Å². The maximum absolute atomic E-state index is 12.2. The number of carbonyl (C=O) groups excluding carboxylic acids is 2. The second kappa shape index (κ2) is 11.3. The molecule has 1 aliphatic rings. The van der Waals surface area contributed by atoms with Gasteiger partial charge in [-0.1, -0.05) is 44.5 Å². The molecule has 2 aromatic carbocycles. The highest BCUT2D eigenvalue weighted by molar-refractivity contribution is 6.03. The SMILES string of the molecule is CCCC(C=O)N(C=O)c1ccc(C2CCN(c3cnc4ccc(CC)nc4n3)CC2)c2cccc(C)c12. The molecule has 38 heavy (non-hydrogen) atoms. The number of hydrogen-bond donors (Lipinski definition) is 0. The monoisotopic (exact) mass is 509 g/mol. The predicted octanol–water partition coefficient (Wildman–Crippen LogP) is 5.76. The van der Waals surface area contributed by atoms with Crippen LogP contribution in [0.4, 0.5) is 11.5 Å². The maximum Gasteiger partial charge on any atom is 0.214 e. The fraction of sp³-hybridized carbons (Fsp3) is 0.387. The maximum atomic E-state index is 12.2. The average molecular weight is 510 g/mol. The summed E-state index contributed by atoms with van der Waals surface area (Å²) in [5, 5.41) is 2.22. The van der Waals surface area contributed by atoms with Crippen LogP contribution in [-0.4, -0.2) is 46.8 Å². The summed E-state index contributed by atoms with van der Waals surface area (Å²) in [5.41, 5.74) is 5.77. The Bertz CT molecular complexity index is 1460. The van der Waals surface area contributed by atoms with Crippen LogP contribution in [0.15, 0.2) is 48.7 Å². The molecule has 196 valence electrons. The second-order valence-electron chi connectivity index (χ2n) is 10.2. The number of aromatic nitrogens is 3. The number of amides is 1. The molecule has 0 aliphatic carbocycles. The first kappa shape index (κ1) is 25.8. The molecule has 2 aromatic heterocycles. The molecule has 0 spiro atoms. The number of pyridine rings is 1. The molecular formula is C31H35N5O2. The summed E-state index contributed by atoms with van der Waals surface area (Å²) < 4.78 is 0. The number of aryl methyl sites for hydroxylation is 2. The van der Waals surface area contributed by atoms with Gasteiger partial charge in [-0.15, -0.1) is 0 Å². The highest BCUT2D eigenvalue weighted by Crippen LogP contribution is 2.39. The van der Waals surface area contributed by atoms with Crippen molar-refractivity contribution >= 4 is 46.1 Å². The number of aldehydes is 1. The van der Waals surface area contributed by atoms with Crippen molar-refractivity contribution in [3.8, 4) is 0 Å². The zero-order valence-electron chi connectivity index (χ0n) is 22.4. The van der Waals surface area contributed by atoms with Gasteiger partial charge in [-0.05, 0) is 73.2 Å². The van der Waals surface area contributed by atoms with E-state index in [9.17, 15) is 9.59 Å². The van der Waals surface area contributed by atoms with Gasteiger partial charge in [-0.25, -0.2) is 15.0 Å². The Hall–Kier alpha value is -3.87. The summed E-state index contributed by atoms with van der Waals surface area (Å²) in [4.78, 5) is 42.0. The summed E-state index contributed by atoms with van der Waals surface area (Å²) in [6.07, 6.45) is 7.89. The molecule has 1 unspecified atom stereocenters. The van der Waals surface area contributed by atoms with E-state index < -0.39 is 6.04 Å². The number of carbonyl (C=O) groups is 2. The Morgan fingerprint density at radius 3 is 2.58 bits per heavy atom. The van der Waals surface area contributed by atoms with Crippen LogP contribution in [0.2, 0.25) is 0 Å². The fourth-order valence-corrected chi connectivity index (χ4v) is 5.74. The van der Waals surface area contributed by atoms with Crippen LogP contribution >= 0.6 is 0 Å². The first-order valence-electron chi connectivity index (χ1n) is 13.7. The molecule has 7 nitrogen and oxygen atoms in total. The van der Waals surface area contributed by atoms with Gasteiger partial charge < -0.3 is 14.6 Å². The number of hydrogen-bond acceptors (Lipinski definition) is 6. The normalized spacial score (nSPS) is 15.1. The first-order chi connectivity index (χ1) is 18.6. The summed E-state index contributed by atoms with van der Waals surface area (Å²) in [5.74, 6) is 1.27. The van der Waals surface area contributed by atoms with E-state index in [-0.39, 0.29) is 0 Å². The highest BCUT2D eigenvalue weighted by atomic mass is 16.1. The molecular weight excluding hydrogens is 474 g/mol. The third-order valence-corrected chi connectivity index (χ3v) is 7.82. The van der Waals surface area contributed by atoms with Gasteiger partial charge in [0, 0.05) is 24.2 Å². The van der Waals surface area contributed by atoms with E-state index >= 15 is 0 Å². The minimum absolute atomic E-state index is 0.394. The average Bonchev–Trinajstić information content (AvgIpc) is 2.96. The number of fused-ring (bicyclic) bond motifs is 2. The smallest absolute Gasteiger partial charge is 0.214 e. The van der Waals surface area contributed by atoms with E-state index in [2.05, 4.69) is 53.0 Å². The van der Waals surface area contributed by atoms with Crippen molar-refractivity contribution in [3.63, 3.8) is 0 Å². The molecule has 1 amide bonds. The summed E-state index contributed by atoms with van der Waals surface area (Å²) in [6, 6.07) is 14.0. The molecule has 0 saturated carbocycles. The van der Waals surface area contributed by atoms with Crippen molar-refractivity contribution in [2.45, 2.75) is 64.8 Å². The van der Waals surface area contributed by atoms with E-state index in [0.717, 1.165) is 90.5 Å². The quantitative estimate of drug-likeness (QED) is 0.267. The molecule has 1 saturated heterocycles. The zero-order chi connectivity index (χ0) is 26.6. The zero-order valence-corrected chi connectivity index (χ0v) is 22.4. The lowest BCUT2D eigenvalue weighted by Gasteiger charge is -2.34. The van der Waals surface area contributed by atoms with E-state index in [1.807, 2.05) is 31.3 Å². The first-order valence-corrected chi connectivity index (χ1v) is 13.7. The van der Waals surface area contributed by atoms with Gasteiger partial charge in [0.2, 0.25) is 6.41 Å². The van der Waals surface area contributed by atoms with Crippen LogP contribution in [0.3, 0.4) is 0 Å². The second-order valence-corrected chi connectivity index (χ2v) is 10.2. The standard InChI is InChI=1S/C31H35N5O2/c1-4-7-24(19-37)36(20-38)28-13-11-25(26-9-6-8-21(3)30(26)28)22-14-16-35(17-15-22)29-18-32-27-12-10-23(5-2)33-31(27)34-29/h6,8-13,18-20,22,24H,4-5,7,14-17H2,1-3H3. The number of nitrogens with zero attached hydrogens (tertiary/aromatic N) is 5. The van der Waals surface area contributed by atoms with E-state index in [1.165, 1.54) is 5.56 Å². The van der Waals surface area contributed by atoms with Gasteiger partial charge in [0.25, 0.3) is 0 Å². The van der Waals surface area contributed by atoms with Gasteiger partial charge in [-0.2, -0.15) is 0 Å². The van der Waals surface area contributed by atoms with Crippen molar-refractivity contribution in [1.29, 1.82) is 0 Å².